The zero-order chi connectivity index (χ0) is 11.7. The molecule has 0 aromatic heterocycles. The van der Waals surface area contributed by atoms with E-state index in [-0.39, 0.29) is 0 Å². The van der Waals surface area contributed by atoms with Crippen LogP contribution in [0.4, 0.5) is 0 Å². The van der Waals surface area contributed by atoms with E-state index >= 15 is 0 Å². The Bertz CT molecular complexity index is 127. The van der Waals surface area contributed by atoms with Crippen LogP contribution in [-0.2, 0) is 0 Å². The quantitative estimate of drug-likeness (QED) is 0.580. The smallest absolute Gasteiger partial charge is 0.00138 e. The maximum atomic E-state index is 2.65. The largest absolute Gasteiger partial charge is 0.303 e. The summed E-state index contributed by atoms with van der Waals surface area (Å²) in [5, 5.41) is 0. The van der Waals surface area contributed by atoms with Crippen molar-refractivity contribution in [2.45, 2.75) is 66.7 Å². The minimum Gasteiger partial charge on any atom is -0.303 e. The second kappa shape index (κ2) is 8.15. The summed E-state index contributed by atoms with van der Waals surface area (Å²) < 4.78 is 0. The SMILES string of the molecule is CCCCN(CCCC)CCC(C)(C)C. The monoisotopic (exact) mass is 213 g/mol. The van der Waals surface area contributed by atoms with Gasteiger partial charge in [0.05, 0.1) is 0 Å². The molecule has 0 aliphatic rings. The maximum Gasteiger partial charge on any atom is -0.00138 e. The lowest BCUT2D eigenvalue weighted by atomic mass is 9.92. The van der Waals surface area contributed by atoms with E-state index in [2.05, 4.69) is 39.5 Å². The van der Waals surface area contributed by atoms with E-state index in [4.69, 9.17) is 0 Å². The Labute approximate surface area is 97.2 Å². The molecule has 15 heavy (non-hydrogen) atoms. The van der Waals surface area contributed by atoms with Crippen LogP contribution in [0, 0.1) is 5.41 Å². The molecule has 0 aliphatic carbocycles. The van der Waals surface area contributed by atoms with Crippen molar-refractivity contribution >= 4 is 0 Å². The van der Waals surface area contributed by atoms with Gasteiger partial charge in [-0.1, -0.05) is 47.5 Å². The predicted octanol–water partition coefficient (Wildman–Crippen LogP) is 4.32. The van der Waals surface area contributed by atoms with Crippen LogP contribution >= 0.6 is 0 Å². The minimum atomic E-state index is 0.483. The minimum absolute atomic E-state index is 0.483. The van der Waals surface area contributed by atoms with Crippen LogP contribution in [-0.4, -0.2) is 24.5 Å². The van der Waals surface area contributed by atoms with Crippen molar-refractivity contribution in [2.24, 2.45) is 5.41 Å². The highest BCUT2D eigenvalue weighted by atomic mass is 15.1. The van der Waals surface area contributed by atoms with E-state index < -0.39 is 0 Å². The first-order valence-corrected chi connectivity index (χ1v) is 6.72. The molecular formula is C14H31N. The van der Waals surface area contributed by atoms with Crippen molar-refractivity contribution in [2.75, 3.05) is 19.6 Å². The molecule has 0 saturated carbocycles. The standard InChI is InChI=1S/C14H31N/c1-6-8-11-15(12-9-7-2)13-10-14(3,4)5/h6-13H2,1-5H3. The summed E-state index contributed by atoms with van der Waals surface area (Å²) in [4.78, 5) is 2.65. The molecule has 1 nitrogen and oxygen atoms in total. The average Bonchev–Trinajstić information content (AvgIpc) is 2.15. The summed E-state index contributed by atoms with van der Waals surface area (Å²) in [6.07, 6.45) is 6.67. The van der Waals surface area contributed by atoms with Crippen LogP contribution < -0.4 is 0 Å². The molecule has 0 rings (SSSR count). The third kappa shape index (κ3) is 10.2. The van der Waals surface area contributed by atoms with E-state index in [1.165, 1.54) is 51.7 Å². The van der Waals surface area contributed by atoms with E-state index in [1.54, 1.807) is 0 Å². The molecule has 0 unspecified atom stereocenters. The molecule has 0 bridgehead atoms. The lowest BCUT2D eigenvalue weighted by Gasteiger charge is -2.26. The highest BCUT2D eigenvalue weighted by Gasteiger charge is 2.12. The van der Waals surface area contributed by atoms with Gasteiger partial charge in [0.25, 0.3) is 0 Å². The van der Waals surface area contributed by atoms with Crippen LogP contribution in [0.25, 0.3) is 0 Å². The topological polar surface area (TPSA) is 3.24 Å². The lowest BCUT2D eigenvalue weighted by molar-refractivity contribution is 0.222. The molecule has 92 valence electrons. The van der Waals surface area contributed by atoms with Crippen LogP contribution in [0.1, 0.15) is 66.7 Å². The second-order valence-corrected chi connectivity index (χ2v) is 5.86. The van der Waals surface area contributed by atoms with Crippen molar-refractivity contribution in [1.82, 2.24) is 4.90 Å². The molecule has 0 spiro atoms. The van der Waals surface area contributed by atoms with Crippen molar-refractivity contribution in [3.05, 3.63) is 0 Å². The van der Waals surface area contributed by atoms with Gasteiger partial charge in [-0.3, -0.25) is 0 Å². The third-order valence-corrected chi connectivity index (χ3v) is 2.83. The van der Waals surface area contributed by atoms with Crippen LogP contribution in [0.2, 0.25) is 0 Å². The first kappa shape index (κ1) is 15.0. The highest BCUT2D eigenvalue weighted by molar-refractivity contribution is 4.66. The number of nitrogens with zero attached hydrogens (tertiary/aromatic N) is 1. The summed E-state index contributed by atoms with van der Waals surface area (Å²) >= 11 is 0. The van der Waals surface area contributed by atoms with Gasteiger partial charge in [-0.25, -0.2) is 0 Å². The molecule has 0 aliphatic heterocycles. The molecule has 0 saturated heterocycles. The summed E-state index contributed by atoms with van der Waals surface area (Å²) in [6.45, 7) is 15.5. The van der Waals surface area contributed by atoms with Crippen molar-refractivity contribution in [3.8, 4) is 0 Å². The Morgan fingerprint density at radius 2 is 1.27 bits per heavy atom. The first-order valence-electron chi connectivity index (χ1n) is 6.72. The Morgan fingerprint density at radius 1 is 0.800 bits per heavy atom. The summed E-state index contributed by atoms with van der Waals surface area (Å²) in [6, 6.07) is 0. The molecule has 0 aromatic carbocycles. The number of unbranched alkanes of at least 4 members (excludes halogenated alkanes) is 2. The molecule has 0 N–H and O–H groups in total. The molecule has 0 aromatic rings. The Balaban J connectivity index is 3.78. The first-order chi connectivity index (χ1) is 6.99. The summed E-state index contributed by atoms with van der Waals surface area (Å²) in [5.74, 6) is 0. The van der Waals surface area contributed by atoms with Gasteiger partial charge in [0.2, 0.25) is 0 Å². The fourth-order valence-electron chi connectivity index (χ4n) is 1.59. The van der Waals surface area contributed by atoms with Gasteiger partial charge in [0.15, 0.2) is 0 Å². The van der Waals surface area contributed by atoms with Gasteiger partial charge >= 0.3 is 0 Å². The normalized spacial score (nSPS) is 12.4. The molecule has 1 heteroatoms. The average molecular weight is 213 g/mol. The van der Waals surface area contributed by atoms with Gasteiger partial charge in [-0.15, -0.1) is 0 Å². The van der Waals surface area contributed by atoms with Crippen LogP contribution in [0.3, 0.4) is 0 Å². The van der Waals surface area contributed by atoms with Crippen molar-refractivity contribution in [1.29, 1.82) is 0 Å². The Morgan fingerprint density at radius 3 is 1.60 bits per heavy atom. The molecule has 0 fully saturated rings. The zero-order valence-corrected chi connectivity index (χ0v) is 11.6. The summed E-state index contributed by atoms with van der Waals surface area (Å²) in [5.41, 5.74) is 0.483. The molecule has 0 heterocycles. The second-order valence-electron chi connectivity index (χ2n) is 5.86. The fraction of sp³-hybridized carbons (Fsp3) is 1.00. The Hall–Kier alpha value is -0.0400. The van der Waals surface area contributed by atoms with Gasteiger partial charge in [-0.05, 0) is 44.3 Å². The van der Waals surface area contributed by atoms with E-state index in [0.29, 0.717) is 5.41 Å². The lowest BCUT2D eigenvalue weighted by Crippen LogP contribution is -2.29. The predicted molar refractivity (Wildman–Crippen MR) is 70.3 cm³/mol. The molecular weight excluding hydrogens is 182 g/mol. The van der Waals surface area contributed by atoms with Gasteiger partial charge in [0.1, 0.15) is 0 Å². The summed E-state index contributed by atoms with van der Waals surface area (Å²) in [7, 11) is 0. The van der Waals surface area contributed by atoms with Crippen molar-refractivity contribution < 1.29 is 0 Å². The van der Waals surface area contributed by atoms with E-state index in [9.17, 15) is 0 Å². The third-order valence-electron chi connectivity index (χ3n) is 2.83. The number of hydrogen-bond donors (Lipinski definition) is 0. The van der Waals surface area contributed by atoms with Gasteiger partial charge in [0, 0.05) is 0 Å². The molecule has 0 atom stereocenters. The highest BCUT2D eigenvalue weighted by Crippen LogP contribution is 2.19. The zero-order valence-electron chi connectivity index (χ0n) is 11.6. The van der Waals surface area contributed by atoms with Gasteiger partial charge < -0.3 is 4.90 Å². The molecule has 0 amide bonds. The number of rotatable bonds is 8. The van der Waals surface area contributed by atoms with Gasteiger partial charge in [-0.2, -0.15) is 0 Å². The fourth-order valence-corrected chi connectivity index (χ4v) is 1.59. The maximum absolute atomic E-state index is 2.65. The van der Waals surface area contributed by atoms with Crippen LogP contribution in [0.15, 0.2) is 0 Å². The molecule has 0 radical (unpaired) electrons. The van der Waals surface area contributed by atoms with Crippen molar-refractivity contribution in [3.63, 3.8) is 0 Å². The van der Waals surface area contributed by atoms with E-state index in [0.717, 1.165) is 0 Å². The van der Waals surface area contributed by atoms with Crippen LogP contribution in [0.5, 0.6) is 0 Å². The van der Waals surface area contributed by atoms with E-state index in [1.807, 2.05) is 0 Å². The Kier molecular flexibility index (Phi) is 8.13. The number of hydrogen-bond acceptors (Lipinski definition) is 1.